The van der Waals surface area contributed by atoms with E-state index in [1.165, 1.54) is 13.0 Å². The second-order valence-electron chi connectivity index (χ2n) is 7.71. The van der Waals surface area contributed by atoms with Gasteiger partial charge in [0, 0.05) is 29.7 Å². The fourth-order valence-electron chi connectivity index (χ4n) is 3.17. The van der Waals surface area contributed by atoms with Crippen molar-refractivity contribution in [1.29, 1.82) is 0 Å². The van der Waals surface area contributed by atoms with Crippen LogP contribution in [0, 0.1) is 13.8 Å². The summed E-state index contributed by atoms with van der Waals surface area (Å²) in [6, 6.07) is 17.0. The molecule has 0 bridgehead atoms. The number of aryl methyl sites for hydroxylation is 2. The second-order valence-corrected chi connectivity index (χ2v) is 8.09. The Hall–Kier alpha value is -3.84. The number of esters is 1. The number of nitrogens with one attached hydrogen (secondary N) is 2. The molecule has 0 saturated carbocycles. The van der Waals surface area contributed by atoms with Crippen LogP contribution < -0.4 is 20.1 Å². The van der Waals surface area contributed by atoms with E-state index in [4.69, 9.17) is 21.1 Å². The van der Waals surface area contributed by atoms with Crippen molar-refractivity contribution in [2.45, 2.75) is 27.3 Å². The highest BCUT2D eigenvalue weighted by Crippen LogP contribution is 2.25. The summed E-state index contributed by atoms with van der Waals surface area (Å²) in [5.74, 6) is -0.151. The van der Waals surface area contributed by atoms with Crippen molar-refractivity contribution in [3.05, 3.63) is 87.9 Å². The first kappa shape index (κ1) is 24.8. The third-order valence-corrected chi connectivity index (χ3v) is 5.44. The number of hydrogen-bond donors (Lipinski definition) is 2. The maximum Gasteiger partial charge on any atom is 0.308 e. The molecule has 2 amide bonds. The lowest BCUT2D eigenvalue weighted by atomic mass is 10.1. The second kappa shape index (κ2) is 11.3. The van der Waals surface area contributed by atoms with Crippen LogP contribution in [-0.4, -0.2) is 24.4 Å². The summed E-state index contributed by atoms with van der Waals surface area (Å²) in [5, 5.41) is 6.27. The zero-order chi connectivity index (χ0) is 24.7. The lowest BCUT2D eigenvalue weighted by Gasteiger charge is -2.11. The normalized spacial score (nSPS) is 10.4. The minimum atomic E-state index is -0.457. The Balaban J connectivity index is 1.48. The number of halogens is 1. The van der Waals surface area contributed by atoms with E-state index in [0.717, 1.165) is 16.7 Å². The molecule has 2 N–H and O–H groups in total. The third kappa shape index (κ3) is 7.08. The lowest BCUT2D eigenvalue weighted by Crippen LogP contribution is -2.28. The van der Waals surface area contributed by atoms with Crippen LogP contribution in [0.15, 0.2) is 60.7 Å². The molecular formula is C26H25ClN2O5. The first-order valence-corrected chi connectivity index (χ1v) is 10.9. The quantitative estimate of drug-likeness (QED) is 0.356. The number of ether oxygens (including phenoxy) is 2. The van der Waals surface area contributed by atoms with Gasteiger partial charge in [0.05, 0.1) is 0 Å². The number of benzene rings is 3. The summed E-state index contributed by atoms with van der Waals surface area (Å²) in [4.78, 5) is 35.7. The van der Waals surface area contributed by atoms with E-state index in [1.807, 2.05) is 13.8 Å². The minimum Gasteiger partial charge on any atom is -0.484 e. The molecule has 8 heteroatoms. The van der Waals surface area contributed by atoms with E-state index in [1.54, 1.807) is 54.6 Å². The molecule has 3 rings (SSSR count). The summed E-state index contributed by atoms with van der Waals surface area (Å²) in [5.41, 5.74) is 3.60. The monoisotopic (exact) mass is 480 g/mol. The zero-order valence-corrected chi connectivity index (χ0v) is 19.9. The number of amides is 2. The molecule has 176 valence electrons. The van der Waals surface area contributed by atoms with E-state index < -0.39 is 5.97 Å². The van der Waals surface area contributed by atoms with E-state index in [0.29, 0.717) is 34.3 Å². The zero-order valence-electron chi connectivity index (χ0n) is 19.1. The maximum atomic E-state index is 12.5. The molecule has 0 radical (unpaired) electrons. The van der Waals surface area contributed by atoms with Crippen molar-refractivity contribution in [3.8, 4) is 11.5 Å². The van der Waals surface area contributed by atoms with Crippen molar-refractivity contribution in [2.24, 2.45) is 0 Å². The molecule has 0 saturated heterocycles. The SMILES string of the molecule is CC(=O)Oc1cccc(C(=O)Nc2ccc(CNC(=O)COc3cc(C)c(Cl)c(C)c3)cc2)c1. The van der Waals surface area contributed by atoms with Gasteiger partial charge in [-0.1, -0.05) is 29.8 Å². The number of hydrogen-bond acceptors (Lipinski definition) is 5. The average molecular weight is 481 g/mol. The van der Waals surface area contributed by atoms with Crippen LogP contribution in [0.2, 0.25) is 5.02 Å². The molecule has 3 aromatic rings. The Morgan fingerprint density at radius 1 is 0.912 bits per heavy atom. The van der Waals surface area contributed by atoms with Gasteiger partial charge in [0.25, 0.3) is 11.8 Å². The molecule has 0 aromatic heterocycles. The predicted molar refractivity (Wildman–Crippen MR) is 130 cm³/mol. The molecule has 7 nitrogen and oxygen atoms in total. The van der Waals surface area contributed by atoms with Crippen LogP contribution in [0.4, 0.5) is 5.69 Å². The molecule has 0 heterocycles. The van der Waals surface area contributed by atoms with E-state index in [2.05, 4.69) is 10.6 Å². The largest absolute Gasteiger partial charge is 0.484 e. The van der Waals surface area contributed by atoms with E-state index in [-0.39, 0.29) is 18.4 Å². The van der Waals surface area contributed by atoms with Gasteiger partial charge in [0.15, 0.2) is 6.61 Å². The standard InChI is InChI=1S/C26H25ClN2O5/c1-16-11-23(12-17(2)25(16)27)33-15-24(31)28-14-19-7-9-21(10-8-19)29-26(32)20-5-4-6-22(13-20)34-18(3)30/h4-13H,14-15H2,1-3H3,(H,28,31)(H,29,32). The van der Waals surface area contributed by atoms with Gasteiger partial charge < -0.3 is 20.1 Å². The highest BCUT2D eigenvalue weighted by molar-refractivity contribution is 6.32. The van der Waals surface area contributed by atoms with E-state index >= 15 is 0 Å². The molecule has 0 aliphatic rings. The van der Waals surface area contributed by atoms with Crippen molar-refractivity contribution in [1.82, 2.24) is 5.32 Å². The molecule has 0 spiro atoms. The number of rotatable bonds is 8. The predicted octanol–water partition coefficient (Wildman–Crippen LogP) is 4.83. The Labute approximate surface area is 203 Å². The summed E-state index contributed by atoms with van der Waals surface area (Å²) in [7, 11) is 0. The molecular weight excluding hydrogens is 456 g/mol. The highest BCUT2D eigenvalue weighted by Gasteiger charge is 2.09. The lowest BCUT2D eigenvalue weighted by molar-refractivity contribution is -0.131. The van der Waals surface area contributed by atoms with Gasteiger partial charge in [0.2, 0.25) is 0 Å². The Bertz CT molecular complexity index is 1190. The van der Waals surface area contributed by atoms with Gasteiger partial charge in [-0.05, 0) is 73.0 Å². The first-order chi connectivity index (χ1) is 16.2. The van der Waals surface area contributed by atoms with Crippen molar-refractivity contribution < 1.29 is 23.9 Å². The Morgan fingerprint density at radius 3 is 2.24 bits per heavy atom. The number of carbonyl (C=O) groups is 3. The van der Waals surface area contributed by atoms with Crippen LogP contribution in [0.1, 0.15) is 34.0 Å². The van der Waals surface area contributed by atoms with E-state index in [9.17, 15) is 14.4 Å². The molecule has 34 heavy (non-hydrogen) atoms. The van der Waals surface area contributed by atoms with Gasteiger partial charge in [-0.3, -0.25) is 14.4 Å². The first-order valence-electron chi connectivity index (χ1n) is 10.6. The van der Waals surface area contributed by atoms with Crippen LogP contribution in [0.25, 0.3) is 0 Å². The number of carbonyl (C=O) groups excluding carboxylic acids is 3. The summed E-state index contributed by atoms with van der Waals surface area (Å²) in [6.45, 7) is 5.27. The highest BCUT2D eigenvalue weighted by atomic mass is 35.5. The summed E-state index contributed by atoms with van der Waals surface area (Å²) in [6.07, 6.45) is 0. The molecule has 3 aromatic carbocycles. The Kier molecular flexibility index (Phi) is 8.27. The van der Waals surface area contributed by atoms with Crippen LogP contribution in [0.5, 0.6) is 11.5 Å². The topological polar surface area (TPSA) is 93.7 Å². The van der Waals surface area contributed by atoms with Gasteiger partial charge >= 0.3 is 5.97 Å². The third-order valence-electron chi connectivity index (χ3n) is 4.84. The fraction of sp³-hybridized carbons (Fsp3) is 0.192. The average Bonchev–Trinajstić information content (AvgIpc) is 2.80. The molecule has 0 fully saturated rings. The van der Waals surface area contributed by atoms with Gasteiger partial charge in [-0.25, -0.2) is 0 Å². The minimum absolute atomic E-state index is 0.110. The van der Waals surface area contributed by atoms with Crippen LogP contribution in [0.3, 0.4) is 0 Å². The molecule has 0 aliphatic carbocycles. The van der Waals surface area contributed by atoms with Gasteiger partial charge in [0.1, 0.15) is 11.5 Å². The van der Waals surface area contributed by atoms with Gasteiger partial charge in [-0.15, -0.1) is 0 Å². The smallest absolute Gasteiger partial charge is 0.308 e. The summed E-state index contributed by atoms with van der Waals surface area (Å²) >= 11 is 6.15. The van der Waals surface area contributed by atoms with Crippen molar-refractivity contribution in [2.75, 3.05) is 11.9 Å². The van der Waals surface area contributed by atoms with Crippen LogP contribution >= 0.6 is 11.6 Å². The van der Waals surface area contributed by atoms with Crippen LogP contribution in [-0.2, 0) is 16.1 Å². The van der Waals surface area contributed by atoms with Gasteiger partial charge in [-0.2, -0.15) is 0 Å². The fourth-order valence-corrected chi connectivity index (χ4v) is 3.28. The molecule has 0 aliphatic heterocycles. The Morgan fingerprint density at radius 2 is 1.59 bits per heavy atom. The molecule has 0 unspecified atom stereocenters. The maximum absolute atomic E-state index is 12.5. The van der Waals surface area contributed by atoms with Crippen molar-refractivity contribution >= 4 is 35.1 Å². The number of anilines is 1. The van der Waals surface area contributed by atoms with Crippen molar-refractivity contribution in [3.63, 3.8) is 0 Å². The summed E-state index contributed by atoms with van der Waals surface area (Å²) < 4.78 is 10.6. The molecule has 0 atom stereocenters.